The van der Waals surface area contributed by atoms with Crippen molar-refractivity contribution in [1.29, 1.82) is 0 Å². The molecule has 6 rings (SSSR count). The van der Waals surface area contributed by atoms with Crippen molar-refractivity contribution < 1.29 is 14.2 Å². The van der Waals surface area contributed by atoms with E-state index in [4.69, 9.17) is 19.3 Å². The van der Waals surface area contributed by atoms with Gasteiger partial charge in [-0.2, -0.15) is 14.6 Å². The van der Waals surface area contributed by atoms with Crippen LogP contribution in [0.25, 0.3) is 40.1 Å². The minimum absolute atomic E-state index is 0.234. The number of rotatable bonds is 11. The predicted octanol–water partition coefficient (Wildman–Crippen LogP) is 6.23. The summed E-state index contributed by atoms with van der Waals surface area (Å²) in [6.45, 7) is 7.25. The Bertz CT molecular complexity index is 2100. The highest BCUT2D eigenvalue weighted by Gasteiger charge is 2.15. The van der Waals surface area contributed by atoms with Crippen LogP contribution in [0.5, 0.6) is 17.2 Å². The zero-order valence-electron chi connectivity index (χ0n) is 25.6. The molecule has 0 aliphatic rings. The Morgan fingerprint density at radius 3 is 2.47 bits per heavy atom. The molecule has 3 aromatic carbocycles. The average Bonchev–Trinajstić information content (AvgIpc) is 3.75. The number of aromatic nitrogens is 5. The van der Waals surface area contributed by atoms with E-state index in [9.17, 15) is 4.79 Å². The van der Waals surface area contributed by atoms with Gasteiger partial charge in [-0.3, -0.25) is 4.79 Å². The smallest absolute Gasteiger partial charge is 0.291 e. The number of hydrogen-bond acceptors (Lipinski definition) is 8. The fourth-order valence-electron chi connectivity index (χ4n) is 4.89. The largest absolute Gasteiger partial charge is 0.494 e. The maximum atomic E-state index is 13.5. The second kappa shape index (κ2) is 13.2. The molecule has 0 saturated carbocycles. The molecule has 45 heavy (non-hydrogen) atoms. The quantitative estimate of drug-likeness (QED) is 0.170. The van der Waals surface area contributed by atoms with Gasteiger partial charge in [-0.25, -0.2) is 4.68 Å². The van der Waals surface area contributed by atoms with Crippen LogP contribution in [0.15, 0.2) is 77.7 Å². The van der Waals surface area contributed by atoms with Crippen molar-refractivity contribution in [2.45, 2.75) is 27.2 Å². The van der Waals surface area contributed by atoms with Crippen LogP contribution in [0.1, 0.15) is 42.8 Å². The topological polar surface area (TPSA) is 92.8 Å². The Morgan fingerprint density at radius 2 is 1.73 bits per heavy atom. The van der Waals surface area contributed by atoms with E-state index in [-0.39, 0.29) is 5.56 Å². The maximum absolute atomic E-state index is 13.5. The molecule has 0 atom stereocenters. The summed E-state index contributed by atoms with van der Waals surface area (Å²) in [5.74, 6) is 2.63. The number of ether oxygens (including phenoxy) is 3. The van der Waals surface area contributed by atoms with Gasteiger partial charge in [-0.05, 0) is 86.0 Å². The highest BCUT2D eigenvalue weighted by Crippen LogP contribution is 2.30. The van der Waals surface area contributed by atoms with Gasteiger partial charge in [-0.1, -0.05) is 48.6 Å². The molecule has 3 heterocycles. The molecule has 0 bridgehead atoms. The van der Waals surface area contributed by atoms with Crippen molar-refractivity contribution in [3.05, 3.63) is 110 Å². The molecule has 10 heteroatoms. The first-order valence-corrected chi connectivity index (χ1v) is 15.6. The normalized spacial score (nSPS) is 12.0. The fourth-order valence-corrected chi connectivity index (χ4v) is 5.80. The van der Waals surface area contributed by atoms with Crippen LogP contribution in [0, 0.1) is 6.92 Å². The van der Waals surface area contributed by atoms with Crippen LogP contribution < -0.4 is 24.3 Å². The maximum Gasteiger partial charge on any atom is 0.291 e. The fraction of sp³-hybridized carbons (Fsp3) is 0.200. The van der Waals surface area contributed by atoms with Crippen molar-refractivity contribution in [2.24, 2.45) is 0 Å². The van der Waals surface area contributed by atoms with Crippen molar-refractivity contribution in [3.63, 3.8) is 0 Å². The van der Waals surface area contributed by atoms with Crippen LogP contribution in [0.4, 0.5) is 0 Å². The van der Waals surface area contributed by atoms with Crippen LogP contribution in [-0.4, -0.2) is 44.7 Å². The molecule has 228 valence electrons. The summed E-state index contributed by atoms with van der Waals surface area (Å²) in [4.78, 5) is 18.6. The van der Waals surface area contributed by atoms with Crippen LogP contribution >= 0.6 is 11.3 Å². The third-order valence-electron chi connectivity index (χ3n) is 7.07. The van der Waals surface area contributed by atoms with Gasteiger partial charge in [0.2, 0.25) is 4.96 Å². The Kier molecular flexibility index (Phi) is 8.74. The van der Waals surface area contributed by atoms with E-state index in [1.54, 1.807) is 13.2 Å². The molecule has 0 spiro atoms. The molecule has 0 amide bonds. The minimum Gasteiger partial charge on any atom is -0.494 e. The van der Waals surface area contributed by atoms with Gasteiger partial charge in [0, 0.05) is 17.3 Å². The summed E-state index contributed by atoms with van der Waals surface area (Å²) >= 11 is 1.29. The number of fused-ring (bicyclic) bond motifs is 1. The van der Waals surface area contributed by atoms with Crippen LogP contribution in [0.3, 0.4) is 0 Å². The average molecular weight is 620 g/mol. The third kappa shape index (κ3) is 6.37. The summed E-state index contributed by atoms with van der Waals surface area (Å²) in [5.41, 5.74) is 5.09. The van der Waals surface area contributed by atoms with E-state index in [0.29, 0.717) is 40.0 Å². The molecule has 9 nitrogen and oxygen atoms in total. The predicted molar refractivity (Wildman–Crippen MR) is 179 cm³/mol. The SMILES string of the molecule is CCCOc1ccc(/C=C/c2nc3s/c(=C\c4cn(-c5ccccc5)nc4-c4ccc(OCC)c(C)c4)c(=O)n3n2)cc1OC. The minimum atomic E-state index is -0.234. The number of aryl methyl sites for hydroxylation is 1. The molecule has 3 aromatic heterocycles. The van der Waals surface area contributed by atoms with E-state index in [1.165, 1.54) is 15.9 Å². The summed E-state index contributed by atoms with van der Waals surface area (Å²) in [5, 5.41) is 9.39. The van der Waals surface area contributed by atoms with E-state index in [0.717, 1.165) is 45.8 Å². The van der Waals surface area contributed by atoms with Gasteiger partial charge in [0.05, 0.1) is 30.5 Å². The number of hydrogen-bond donors (Lipinski definition) is 0. The molecular weight excluding hydrogens is 586 g/mol. The first kappa shape index (κ1) is 29.8. The lowest BCUT2D eigenvalue weighted by Gasteiger charge is -2.10. The Morgan fingerprint density at radius 1 is 0.911 bits per heavy atom. The number of methoxy groups -OCH3 is 1. The number of nitrogens with zero attached hydrogens (tertiary/aromatic N) is 5. The lowest BCUT2D eigenvalue weighted by Crippen LogP contribution is -2.23. The molecule has 0 N–H and O–H groups in total. The molecule has 6 aromatic rings. The summed E-state index contributed by atoms with van der Waals surface area (Å²) in [6, 6.07) is 21.6. The Labute approximate surface area is 264 Å². The van der Waals surface area contributed by atoms with Crippen molar-refractivity contribution >= 4 is 34.5 Å². The number of para-hydroxylation sites is 1. The summed E-state index contributed by atoms with van der Waals surface area (Å²) in [7, 11) is 1.62. The van der Waals surface area contributed by atoms with E-state index >= 15 is 0 Å². The number of thiazole rings is 1. The molecular formula is C35H33N5O4S. The van der Waals surface area contributed by atoms with Crippen molar-refractivity contribution in [2.75, 3.05) is 20.3 Å². The first-order valence-electron chi connectivity index (χ1n) is 14.8. The van der Waals surface area contributed by atoms with E-state index in [1.807, 2.05) is 97.5 Å². The Hall–Kier alpha value is -5.22. The van der Waals surface area contributed by atoms with Gasteiger partial charge in [0.15, 0.2) is 17.3 Å². The second-order valence-electron chi connectivity index (χ2n) is 10.3. The second-order valence-corrected chi connectivity index (χ2v) is 11.3. The van der Waals surface area contributed by atoms with Gasteiger partial charge in [0.25, 0.3) is 5.56 Å². The third-order valence-corrected chi connectivity index (χ3v) is 8.03. The number of benzene rings is 3. The van der Waals surface area contributed by atoms with Crippen molar-refractivity contribution in [3.8, 4) is 34.2 Å². The molecule has 0 radical (unpaired) electrons. The van der Waals surface area contributed by atoms with Crippen LogP contribution in [-0.2, 0) is 0 Å². The molecule has 0 unspecified atom stereocenters. The summed E-state index contributed by atoms with van der Waals surface area (Å²) < 4.78 is 20.7. The standard InChI is InChI=1S/C35H33N5O4S/c1-5-18-44-29-15-12-24(20-30(29)42-4)13-17-32-36-35-40(37-32)34(41)31(45-35)21-26-22-39(27-10-8-7-9-11-27)38-33(26)25-14-16-28(43-6-2)23(3)19-25/h7-17,19-22H,5-6,18H2,1-4H3/b17-13+,31-21-. The highest BCUT2D eigenvalue weighted by atomic mass is 32.1. The molecule has 0 fully saturated rings. The highest BCUT2D eigenvalue weighted by molar-refractivity contribution is 7.15. The van der Waals surface area contributed by atoms with Gasteiger partial charge in [0.1, 0.15) is 11.4 Å². The molecule has 0 aliphatic carbocycles. The molecule has 0 saturated heterocycles. The van der Waals surface area contributed by atoms with Gasteiger partial charge in [-0.15, -0.1) is 5.10 Å². The zero-order valence-corrected chi connectivity index (χ0v) is 26.4. The lowest BCUT2D eigenvalue weighted by atomic mass is 10.0. The van der Waals surface area contributed by atoms with Crippen LogP contribution in [0.2, 0.25) is 0 Å². The molecule has 0 aliphatic heterocycles. The van der Waals surface area contributed by atoms with E-state index < -0.39 is 0 Å². The van der Waals surface area contributed by atoms with Gasteiger partial charge >= 0.3 is 0 Å². The summed E-state index contributed by atoms with van der Waals surface area (Å²) in [6.07, 6.45) is 8.37. The first-order chi connectivity index (χ1) is 22.0. The Balaban J connectivity index is 1.34. The lowest BCUT2D eigenvalue weighted by molar-refractivity contribution is 0.294. The zero-order chi connectivity index (χ0) is 31.3. The van der Waals surface area contributed by atoms with E-state index in [2.05, 4.69) is 23.1 Å². The van der Waals surface area contributed by atoms with Crippen molar-refractivity contribution in [1.82, 2.24) is 24.4 Å². The van der Waals surface area contributed by atoms with Gasteiger partial charge < -0.3 is 14.2 Å². The monoisotopic (exact) mass is 619 g/mol.